The maximum Gasteiger partial charge on any atom is 0.573 e. The number of carbonyl (C=O) groups excluding carboxylic acids is 2. The molecular weight excluding hydrogens is 629 g/mol. The van der Waals surface area contributed by atoms with Gasteiger partial charge in [0.1, 0.15) is 23.7 Å². The van der Waals surface area contributed by atoms with Crippen LogP contribution < -0.4 is 30.0 Å². The summed E-state index contributed by atoms with van der Waals surface area (Å²) in [7, 11) is 1.14. The van der Waals surface area contributed by atoms with Crippen LogP contribution in [-0.4, -0.2) is 56.2 Å². The van der Waals surface area contributed by atoms with Crippen LogP contribution in [0.3, 0.4) is 0 Å². The lowest BCUT2D eigenvalue weighted by Gasteiger charge is -2.40. The first-order valence-electron chi connectivity index (χ1n) is 14.1. The molecule has 9 nitrogen and oxygen atoms in total. The number of nitrogens with one attached hydrogen (secondary N) is 1. The van der Waals surface area contributed by atoms with Crippen molar-refractivity contribution in [3.8, 4) is 11.5 Å². The Morgan fingerprint density at radius 2 is 1.78 bits per heavy atom. The first-order valence-corrected chi connectivity index (χ1v) is 14.1. The van der Waals surface area contributed by atoms with Crippen LogP contribution in [0.4, 0.5) is 42.1 Å². The van der Waals surface area contributed by atoms with Crippen molar-refractivity contribution >= 4 is 34.6 Å². The quantitative estimate of drug-likeness (QED) is 0.265. The van der Waals surface area contributed by atoms with Gasteiger partial charge in [0.25, 0.3) is 0 Å². The number of halogens is 7. The molecule has 1 spiro atoms. The van der Waals surface area contributed by atoms with Crippen LogP contribution in [0.1, 0.15) is 30.4 Å². The van der Waals surface area contributed by atoms with Gasteiger partial charge in [-0.25, -0.2) is 4.39 Å². The Morgan fingerprint density at radius 3 is 2.33 bits per heavy atom. The van der Waals surface area contributed by atoms with Gasteiger partial charge in [-0.05, 0) is 54.5 Å². The zero-order valence-corrected chi connectivity index (χ0v) is 24.6. The summed E-state index contributed by atoms with van der Waals surface area (Å²) in [5, 5.41) is 2.32. The van der Waals surface area contributed by atoms with Gasteiger partial charge in [-0.3, -0.25) is 14.4 Å². The standard InChI is InChI=1S/C30H29F7N4O5/c1-17-9-19(46-30(35,36)37)4-3-18(17)12-41(16-42)22-13-40(15-29(32,33)34)24-20(26(22)44)10-21(31)25(27(24)45-2)39-7-5-28(6-8-39)11-23(43)38-14-28/h3-4,9-10,13,16H,5-8,11-12,14-15H2,1-2H3,(H,38,43). The van der Waals surface area contributed by atoms with Crippen LogP contribution in [0.15, 0.2) is 35.3 Å². The average molecular weight is 659 g/mol. The zero-order chi connectivity index (χ0) is 33.6. The molecule has 46 heavy (non-hydrogen) atoms. The fourth-order valence-corrected chi connectivity index (χ4v) is 6.20. The molecule has 5 rings (SSSR count). The molecule has 2 fully saturated rings. The number of fused-ring (bicyclic) bond motifs is 1. The van der Waals surface area contributed by atoms with E-state index in [0.29, 0.717) is 30.4 Å². The van der Waals surface area contributed by atoms with Gasteiger partial charge in [0, 0.05) is 32.3 Å². The number of amides is 2. The third-order valence-corrected chi connectivity index (χ3v) is 8.44. The molecule has 2 aliphatic heterocycles. The number of anilines is 2. The van der Waals surface area contributed by atoms with Gasteiger partial charge in [0.15, 0.2) is 11.6 Å². The minimum Gasteiger partial charge on any atom is -0.492 e. The van der Waals surface area contributed by atoms with Crippen LogP contribution in [0.5, 0.6) is 11.5 Å². The highest BCUT2D eigenvalue weighted by Gasteiger charge is 2.42. The number of aryl methyl sites for hydroxylation is 1. The minimum absolute atomic E-state index is 0.0816. The number of methoxy groups -OCH3 is 1. The third-order valence-electron chi connectivity index (χ3n) is 8.44. The number of hydrogen-bond acceptors (Lipinski definition) is 6. The Kier molecular flexibility index (Phi) is 8.59. The summed E-state index contributed by atoms with van der Waals surface area (Å²) >= 11 is 0. The molecule has 1 aromatic heterocycles. The predicted octanol–water partition coefficient (Wildman–Crippen LogP) is 5.19. The van der Waals surface area contributed by atoms with E-state index in [1.54, 1.807) is 4.90 Å². The SMILES string of the molecule is COc1c(N2CCC3(CC2)CNC(=O)C3)c(F)cc2c(=O)c(N(C=O)Cc3ccc(OC(F)(F)F)cc3C)cn(CC(F)(F)F)c12. The van der Waals surface area contributed by atoms with Crippen molar-refractivity contribution in [2.75, 3.05) is 36.5 Å². The van der Waals surface area contributed by atoms with E-state index in [4.69, 9.17) is 4.74 Å². The van der Waals surface area contributed by atoms with Crippen molar-refractivity contribution in [1.82, 2.24) is 9.88 Å². The van der Waals surface area contributed by atoms with Gasteiger partial charge in [0.05, 0.1) is 24.6 Å². The molecular formula is C30H29F7N4O5. The lowest BCUT2D eigenvalue weighted by Crippen LogP contribution is -2.41. The number of aromatic nitrogens is 1. The average Bonchev–Trinajstić information content (AvgIpc) is 3.32. The van der Waals surface area contributed by atoms with Gasteiger partial charge in [-0.15, -0.1) is 13.2 Å². The van der Waals surface area contributed by atoms with E-state index in [-0.39, 0.29) is 58.9 Å². The Morgan fingerprint density at radius 1 is 1.09 bits per heavy atom. The number of alkyl halides is 6. The summed E-state index contributed by atoms with van der Waals surface area (Å²) < 4.78 is 105. The van der Waals surface area contributed by atoms with Crippen LogP contribution in [-0.2, 0) is 22.7 Å². The predicted molar refractivity (Wildman–Crippen MR) is 152 cm³/mol. The molecule has 0 unspecified atom stereocenters. The summed E-state index contributed by atoms with van der Waals surface area (Å²) in [5.74, 6) is -1.84. The number of benzene rings is 2. The highest BCUT2D eigenvalue weighted by molar-refractivity contribution is 5.94. The van der Waals surface area contributed by atoms with E-state index in [9.17, 15) is 40.7 Å². The Labute approximate surface area is 257 Å². The molecule has 0 radical (unpaired) electrons. The number of carbonyl (C=O) groups is 2. The van der Waals surface area contributed by atoms with E-state index >= 15 is 4.39 Å². The summed E-state index contributed by atoms with van der Waals surface area (Å²) in [6, 6.07) is 4.08. The molecule has 2 amide bonds. The third kappa shape index (κ3) is 6.70. The number of pyridine rings is 1. The van der Waals surface area contributed by atoms with Crippen molar-refractivity contribution in [3.05, 3.63) is 57.6 Å². The number of piperidine rings is 1. The first kappa shape index (κ1) is 32.9. The maximum absolute atomic E-state index is 15.9. The largest absolute Gasteiger partial charge is 0.573 e. The second-order valence-corrected chi connectivity index (χ2v) is 11.5. The molecule has 248 valence electrons. The molecule has 0 saturated carbocycles. The normalized spacial score (nSPS) is 16.5. The number of nitrogens with zero attached hydrogens (tertiary/aromatic N) is 3. The second-order valence-electron chi connectivity index (χ2n) is 11.5. The summed E-state index contributed by atoms with van der Waals surface area (Å²) in [6.45, 7) is 0.433. The van der Waals surface area contributed by atoms with Crippen LogP contribution in [0, 0.1) is 18.2 Å². The smallest absolute Gasteiger partial charge is 0.492 e. The topological polar surface area (TPSA) is 93.1 Å². The first-order chi connectivity index (χ1) is 21.5. The molecule has 3 heterocycles. The van der Waals surface area contributed by atoms with Crippen molar-refractivity contribution in [2.45, 2.75) is 51.8 Å². The van der Waals surface area contributed by atoms with E-state index in [1.807, 2.05) is 0 Å². The van der Waals surface area contributed by atoms with Crippen molar-refractivity contribution in [1.29, 1.82) is 0 Å². The van der Waals surface area contributed by atoms with Crippen LogP contribution >= 0.6 is 0 Å². The zero-order valence-electron chi connectivity index (χ0n) is 24.6. The lowest BCUT2D eigenvalue weighted by molar-refractivity contribution is -0.274. The molecule has 0 bridgehead atoms. The Bertz CT molecular complexity index is 1730. The van der Waals surface area contributed by atoms with E-state index in [2.05, 4.69) is 10.1 Å². The monoisotopic (exact) mass is 658 g/mol. The molecule has 3 aromatic rings. The van der Waals surface area contributed by atoms with Gasteiger partial charge in [-0.2, -0.15) is 13.2 Å². The molecule has 1 N–H and O–H groups in total. The number of rotatable bonds is 8. The lowest BCUT2D eigenvalue weighted by atomic mass is 9.77. The fraction of sp³-hybridized carbons (Fsp3) is 0.433. The van der Waals surface area contributed by atoms with Crippen LogP contribution in [0.25, 0.3) is 10.9 Å². The highest BCUT2D eigenvalue weighted by Crippen LogP contribution is 2.44. The summed E-state index contributed by atoms with van der Waals surface area (Å²) in [6.07, 6.45) is -7.39. The molecule has 16 heteroatoms. The van der Waals surface area contributed by atoms with Gasteiger partial charge in [-0.1, -0.05) is 6.07 Å². The molecule has 2 saturated heterocycles. The summed E-state index contributed by atoms with van der Waals surface area (Å²) in [4.78, 5) is 40.2. The maximum atomic E-state index is 15.9. The van der Waals surface area contributed by atoms with Crippen molar-refractivity contribution in [2.24, 2.45) is 5.41 Å². The molecule has 2 aromatic carbocycles. The second kappa shape index (κ2) is 12.0. The molecule has 2 aliphatic rings. The van der Waals surface area contributed by atoms with Gasteiger partial charge < -0.3 is 29.2 Å². The van der Waals surface area contributed by atoms with Crippen LogP contribution in [0.2, 0.25) is 0 Å². The van der Waals surface area contributed by atoms with Crippen molar-refractivity contribution < 1.29 is 49.8 Å². The van der Waals surface area contributed by atoms with E-state index < -0.39 is 53.7 Å². The molecule has 0 atom stereocenters. The molecule has 0 aliphatic carbocycles. The van der Waals surface area contributed by atoms with E-state index in [1.165, 1.54) is 13.0 Å². The summed E-state index contributed by atoms with van der Waals surface area (Å²) in [5.41, 5.74) is -1.74. The van der Waals surface area contributed by atoms with Gasteiger partial charge >= 0.3 is 12.5 Å². The highest BCUT2D eigenvalue weighted by atomic mass is 19.4. The fourth-order valence-electron chi connectivity index (χ4n) is 6.20. The Balaban J connectivity index is 1.58. The van der Waals surface area contributed by atoms with Crippen molar-refractivity contribution in [3.63, 3.8) is 0 Å². The number of ether oxygens (including phenoxy) is 2. The van der Waals surface area contributed by atoms with E-state index in [0.717, 1.165) is 36.4 Å². The number of hydrogen-bond donors (Lipinski definition) is 1. The van der Waals surface area contributed by atoms with Gasteiger partial charge in [0.2, 0.25) is 17.7 Å². The minimum atomic E-state index is -4.95. The Hall–Kier alpha value is -4.50.